The Kier molecular flexibility index (Phi) is 5.01. The highest BCUT2D eigenvalue weighted by atomic mass is 16.5. The molecule has 0 radical (unpaired) electrons. The molecule has 0 aliphatic heterocycles. The van der Waals surface area contributed by atoms with E-state index < -0.39 is 6.10 Å². The molecule has 0 saturated heterocycles. The Bertz CT molecular complexity index is 799. The molecule has 0 unspecified atom stereocenters. The van der Waals surface area contributed by atoms with Crippen LogP contribution in [-0.4, -0.2) is 22.4 Å². The second-order valence-corrected chi connectivity index (χ2v) is 5.89. The Labute approximate surface area is 141 Å². The number of imidazole rings is 1. The first-order valence-electron chi connectivity index (χ1n) is 8.33. The maximum absolute atomic E-state index is 10.4. The van der Waals surface area contributed by atoms with E-state index in [4.69, 9.17) is 10.5 Å². The zero-order chi connectivity index (χ0) is 16.9. The summed E-state index contributed by atoms with van der Waals surface area (Å²) in [4.78, 5) is 0. The molecule has 3 rings (SSSR count). The summed E-state index contributed by atoms with van der Waals surface area (Å²) in [5.74, 6) is 1.42. The molecule has 0 amide bonds. The van der Waals surface area contributed by atoms with Crippen molar-refractivity contribution in [3.8, 4) is 5.75 Å². The average Bonchev–Trinajstić information content (AvgIpc) is 2.87. The molecule has 5 heteroatoms. The number of benzene rings is 2. The second kappa shape index (κ2) is 7.36. The number of ether oxygens (including phenoxy) is 1. The molecule has 0 saturated carbocycles. The molecule has 1 heterocycles. The minimum Gasteiger partial charge on any atom is -0.491 e. The number of aryl methyl sites for hydroxylation is 1. The average molecular weight is 326 g/mol. The largest absolute Gasteiger partial charge is 0.491 e. The number of nitrogen functional groups attached to an aromatic ring is 1. The van der Waals surface area contributed by atoms with Crippen molar-refractivity contribution in [3.05, 3.63) is 54.6 Å². The van der Waals surface area contributed by atoms with Crippen LogP contribution in [0.2, 0.25) is 0 Å². The first-order chi connectivity index (χ1) is 11.7. The van der Waals surface area contributed by atoms with Crippen molar-refractivity contribution in [3.63, 3.8) is 0 Å². The highest BCUT2D eigenvalue weighted by molar-refractivity contribution is 5.73. The number of para-hydroxylation sites is 3. The van der Waals surface area contributed by atoms with Gasteiger partial charge in [-0.3, -0.25) is 5.73 Å². The Balaban J connectivity index is 1.78. The van der Waals surface area contributed by atoms with Crippen molar-refractivity contribution in [1.82, 2.24) is 4.57 Å². The number of aliphatic hydroxyl groups excluding tert-OH is 1. The number of nitrogens with zero attached hydrogens (tertiary/aromatic N) is 2. The molecule has 0 fully saturated rings. The van der Waals surface area contributed by atoms with Gasteiger partial charge in [0.05, 0.1) is 6.54 Å². The lowest BCUT2D eigenvalue weighted by Crippen LogP contribution is -2.43. The number of aliphatic hydroxyl groups is 1. The van der Waals surface area contributed by atoms with Gasteiger partial charge in [0.25, 0.3) is 0 Å². The predicted molar refractivity (Wildman–Crippen MR) is 94.8 cm³/mol. The van der Waals surface area contributed by atoms with Crippen LogP contribution >= 0.6 is 0 Å². The van der Waals surface area contributed by atoms with Crippen LogP contribution in [0.15, 0.2) is 54.6 Å². The fourth-order valence-corrected chi connectivity index (χ4v) is 2.94. The van der Waals surface area contributed by atoms with Crippen LogP contribution in [-0.2, 0) is 13.1 Å². The van der Waals surface area contributed by atoms with E-state index in [0.717, 1.165) is 29.7 Å². The third-order valence-corrected chi connectivity index (χ3v) is 4.04. The zero-order valence-electron chi connectivity index (χ0n) is 13.9. The molecule has 1 atom stereocenters. The molecule has 2 aromatic carbocycles. The lowest BCUT2D eigenvalue weighted by Gasteiger charge is -2.12. The van der Waals surface area contributed by atoms with Crippen molar-refractivity contribution in [2.75, 3.05) is 12.3 Å². The van der Waals surface area contributed by atoms with Crippen LogP contribution in [0.5, 0.6) is 5.75 Å². The molecule has 0 aliphatic rings. The standard InChI is InChI=1S/C19H23N3O2/c1-2-12-21-17-10-6-7-11-18(17)22(19(21)20)13-15(23)14-24-16-8-4-3-5-9-16/h3-11,15,20,23H,2,12-14H2,1H3/p+1/t15-/m1/s1. The molecule has 3 aromatic rings. The van der Waals surface area contributed by atoms with E-state index in [1.165, 1.54) is 0 Å². The molecule has 5 nitrogen and oxygen atoms in total. The van der Waals surface area contributed by atoms with E-state index >= 15 is 0 Å². The number of hydrogen-bond acceptors (Lipinski definition) is 3. The summed E-state index contributed by atoms with van der Waals surface area (Å²) in [6, 6.07) is 17.6. The fraction of sp³-hybridized carbons (Fsp3) is 0.316. The monoisotopic (exact) mass is 326 g/mol. The van der Waals surface area contributed by atoms with E-state index in [2.05, 4.69) is 17.6 Å². The number of hydrogen-bond donors (Lipinski definition) is 2. The maximum atomic E-state index is 10.4. The number of nitrogens with two attached hydrogens (primary N) is 1. The Hall–Kier alpha value is -2.53. The SMILES string of the molecule is CCCn1c(N)[n+](C[C@@H](O)COc2ccccc2)c2ccccc21. The van der Waals surface area contributed by atoms with Crippen molar-refractivity contribution in [2.45, 2.75) is 32.5 Å². The molecule has 1 aromatic heterocycles. The normalized spacial score (nSPS) is 12.4. The lowest BCUT2D eigenvalue weighted by molar-refractivity contribution is -0.665. The number of aromatic nitrogens is 2. The van der Waals surface area contributed by atoms with Crippen LogP contribution in [0.3, 0.4) is 0 Å². The zero-order valence-corrected chi connectivity index (χ0v) is 13.9. The van der Waals surface area contributed by atoms with E-state index in [-0.39, 0.29) is 6.61 Å². The number of anilines is 1. The summed E-state index contributed by atoms with van der Waals surface area (Å²) in [5, 5.41) is 10.4. The smallest absolute Gasteiger partial charge is 0.356 e. The van der Waals surface area contributed by atoms with E-state index in [0.29, 0.717) is 12.5 Å². The summed E-state index contributed by atoms with van der Waals surface area (Å²) >= 11 is 0. The first kappa shape index (κ1) is 16.3. The second-order valence-electron chi connectivity index (χ2n) is 5.89. The van der Waals surface area contributed by atoms with Crippen LogP contribution in [0.25, 0.3) is 11.0 Å². The van der Waals surface area contributed by atoms with Gasteiger partial charge in [-0.25, -0.2) is 9.13 Å². The van der Waals surface area contributed by atoms with Gasteiger partial charge >= 0.3 is 5.95 Å². The van der Waals surface area contributed by atoms with Gasteiger partial charge in [-0.1, -0.05) is 37.3 Å². The Morgan fingerprint density at radius 3 is 2.58 bits per heavy atom. The van der Waals surface area contributed by atoms with Crippen LogP contribution in [0.4, 0.5) is 5.95 Å². The van der Waals surface area contributed by atoms with Gasteiger partial charge in [0.1, 0.15) is 36.0 Å². The van der Waals surface area contributed by atoms with Gasteiger partial charge in [-0.15, -0.1) is 0 Å². The van der Waals surface area contributed by atoms with Gasteiger partial charge in [-0.2, -0.15) is 0 Å². The highest BCUT2D eigenvalue weighted by Gasteiger charge is 2.22. The van der Waals surface area contributed by atoms with Crippen molar-refractivity contribution < 1.29 is 14.4 Å². The maximum Gasteiger partial charge on any atom is 0.356 e. The van der Waals surface area contributed by atoms with Crippen molar-refractivity contribution >= 4 is 17.0 Å². The van der Waals surface area contributed by atoms with Gasteiger partial charge in [0, 0.05) is 0 Å². The fourth-order valence-electron chi connectivity index (χ4n) is 2.94. The van der Waals surface area contributed by atoms with Crippen LogP contribution < -0.4 is 15.0 Å². The van der Waals surface area contributed by atoms with E-state index in [1.807, 2.05) is 53.1 Å². The van der Waals surface area contributed by atoms with Gasteiger partial charge < -0.3 is 9.84 Å². The first-order valence-corrected chi connectivity index (χ1v) is 8.33. The molecular weight excluding hydrogens is 302 g/mol. The van der Waals surface area contributed by atoms with Crippen molar-refractivity contribution in [1.29, 1.82) is 0 Å². The molecule has 0 spiro atoms. The summed E-state index contributed by atoms with van der Waals surface area (Å²) in [7, 11) is 0. The molecule has 0 bridgehead atoms. The van der Waals surface area contributed by atoms with E-state index in [9.17, 15) is 5.11 Å². The number of fused-ring (bicyclic) bond motifs is 1. The Morgan fingerprint density at radius 2 is 1.83 bits per heavy atom. The minimum atomic E-state index is -0.640. The highest BCUT2D eigenvalue weighted by Crippen LogP contribution is 2.17. The molecular formula is C19H24N3O2+. The number of rotatable bonds is 7. The predicted octanol–water partition coefficient (Wildman–Crippen LogP) is 2.36. The van der Waals surface area contributed by atoms with Crippen LogP contribution in [0, 0.1) is 0 Å². The lowest BCUT2D eigenvalue weighted by atomic mass is 10.3. The van der Waals surface area contributed by atoms with Gasteiger partial charge in [0.15, 0.2) is 0 Å². The van der Waals surface area contributed by atoms with E-state index in [1.54, 1.807) is 0 Å². The van der Waals surface area contributed by atoms with Gasteiger partial charge in [0.2, 0.25) is 0 Å². The minimum absolute atomic E-state index is 0.226. The quantitative estimate of drug-likeness (QED) is 0.655. The third-order valence-electron chi connectivity index (χ3n) is 4.04. The third kappa shape index (κ3) is 3.36. The molecule has 126 valence electrons. The summed E-state index contributed by atoms with van der Waals surface area (Å²) in [5.41, 5.74) is 8.45. The molecule has 0 aliphatic carbocycles. The summed E-state index contributed by atoms with van der Waals surface area (Å²) in [6.07, 6.45) is 0.362. The summed E-state index contributed by atoms with van der Waals surface area (Å²) in [6.45, 7) is 3.61. The molecule has 3 N–H and O–H groups in total. The molecule has 24 heavy (non-hydrogen) atoms. The Morgan fingerprint density at radius 1 is 1.12 bits per heavy atom. The van der Waals surface area contributed by atoms with Gasteiger partial charge in [-0.05, 0) is 30.7 Å². The van der Waals surface area contributed by atoms with Crippen LogP contribution in [0.1, 0.15) is 13.3 Å². The van der Waals surface area contributed by atoms with Crippen molar-refractivity contribution in [2.24, 2.45) is 0 Å². The topological polar surface area (TPSA) is 64.3 Å². The summed E-state index contributed by atoms with van der Waals surface area (Å²) < 4.78 is 9.69.